The summed E-state index contributed by atoms with van der Waals surface area (Å²) >= 11 is 0. The Hall–Kier alpha value is -6.16. The van der Waals surface area contributed by atoms with Crippen LogP contribution in [0.3, 0.4) is 0 Å². The van der Waals surface area contributed by atoms with Crippen molar-refractivity contribution in [3.8, 4) is 28.4 Å². The van der Waals surface area contributed by atoms with Gasteiger partial charge in [0.05, 0.1) is 6.61 Å². The number of carbonyl (C=O) groups excluding carboxylic acids is 2. The lowest BCUT2D eigenvalue weighted by Crippen LogP contribution is -2.56. The van der Waals surface area contributed by atoms with Crippen LogP contribution in [0, 0.1) is 26.7 Å². The van der Waals surface area contributed by atoms with Gasteiger partial charge in [-0.25, -0.2) is 4.79 Å². The van der Waals surface area contributed by atoms with Crippen LogP contribution in [0.25, 0.3) is 11.1 Å². The van der Waals surface area contributed by atoms with Crippen molar-refractivity contribution in [3.63, 3.8) is 0 Å². The molecule has 0 unspecified atom stereocenters. The molecule has 3 atom stereocenters. The summed E-state index contributed by atoms with van der Waals surface area (Å²) in [6.45, 7) is 7.03. The minimum atomic E-state index is -1.22. The zero-order valence-electron chi connectivity index (χ0n) is 33.9. The fourth-order valence-electron chi connectivity index (χ4n) is 8.55. The van der Waals surface area contributed by atoms with Crippen molar-refractivity contribution < 1.29 is 33.7 Å². The molecular formula is C49H51N3O7. The van der Waals surface area contributed by atoms with Crippen LogP contribution in [-0.4, -0.2) is 58.1 Å². The Labute approximate surface area is 345 Å². The van der Waals surface area contributed by atoms with Crippen LogP contribution in [-0.2, 0) is 29.0 Å². The Kier molecular flexibility index (Phi) is 11.7. The van der Waals surface area contributed by atoms with E-state index in [9.17, 15) is 19.5 Å². The molecule has 1 fully saturated rings. The number of carboxylic acids is 1. The molecule has 1 aromatic heterocycles. The monoisotopic (exact) mass is 793 g/mol. The zero-order chi connectivity index (χ0) is 41.0. The highest BCUT2D eigenvalue weighted by Gasteiger charge is 2.38. The third-order valence-electron chi connectivity index (χ3n) is 12.2. The number of carbonyl (C=O) groups is 3. The molecule has 0 saturated heterocycles. The fourth-order valence-corrected chi connectivity index (χ4v) is 8.55. The summed E-state index contributed by atoms with van der Waals surface area (Å²) in [6, 6.07) is 26.5. The topological polar surface area (TPSA) is 127 Å². The van der Waals surface area contributed by atoms with Gasteiger partial charge >= 0.3 is 5.97 Å². The SMILES string of the molecule is Cc1ccccc1C(=O)N1Cc2cc3c(cc2C[C@H]1C(=O)N[C@@H](Cc1ccc(-c2ccnc(C)c2C)cc1)C(=O)O)OC[C@H](c1ccc(OCC2CCCCC2)cc1)O3. The number of carboxylic acid groups (broad SMARTS) is 1. The Balaban J connectivity index is 0.994. The predicted molar refractivity (Wildman–Crippen MR) is 225 cm³/mol. The van der Waals surface area contributed by atoms with Crippen molar-refractivity contribution in [2.24, 2.45) is 5.92 Å². The molecule has 2 aliphatic heterocycles. The summed E-state index contributed by atoms with van der Waals surface area (Å²) in [5.41, 5.74) is 8.73. The normalized spacial score (nSPS) is 18.1. The van der Waals surface area contributed by atoms with Gasteiger partial charge in [-0.2, -0.15) is 0 Å². The third kappa shape index (κ3) is 8.82. The smallest absolute Gasteiger partial charge is 0.326 e. The number of hydrogen-bond acceptors (Lipinski definition) is 7. The minimum Gasteiger partial charge on any atom is -0.493 e. The van der Waals surface area contributed by atoms with E-state index < -0.39 is 24.0 Å². The van der Waals surface area contributed by atoms with Crippen LogP contribution in [0.4, 0.5) is 0 Å². The molecule has 8 rings (SSSR count). The number of rotatable bonds is 11. The molecule has 0 spiro atoms. The average molecular weight is 794 g/mol. The molecule has 304 valence electrons. The van der Waals surface area contributed by atoms with E-state index in [1.165, 1.54) is 32.1 Å². The molecule has 0 radical (unpaired) electrons. The number of benzene rings is 4. The van der Waals surface area contributed by atoms with E-state index >= 15 is 0 Å². The number of ether oxygens (including phenoxy) is 3. The zero-order valence-corrected chi connectivity index (χ0v) is 33.9. The number of aliphatic carboxylic acids is 1. The first-order valence-electron chi connectivity index (χ1n) is 20.7. The first-order chi connectivity index (χ1) is 28.6. The molecule has 59 heavy (non-hydrogen) atoms. The lowest BCUT2D eigenvalue weighted by atomic mass is 9.90. The van der Waals surface area contributed by atoms with Crippen molar-refractivity contribution in [1.82, 2.24) is 15.2 Å². The number of hydrogen-bond donors (Lipinski definition) is 2. The van der Waals surface area contributed by atoms with Crippen LogP contribution in [0.15, 0.2) is 97.2 Å². The van der Waals surface area contributed by atoms with Crippen molar-refractivity contribution in [2.45, 2.75) is 90.4 Å². The molecular weight excluding hydrogens is 743 g/mol. The predicted octanol–water partition coefficient (Wildman–Crippen LogP) is 8.52. The molecule has 1 saturated carbocycles. The molecule has 2 amide bonds. The van der Waals surface area contributed by atoms with E-state index in [0.717, 1.165) is 62.6 Å². The van der Waals surface area contributed by atoms with Crippen LogP contribution >= 0.6 is 0 Å². The molecule has 5 aromatic rings. The Morgan fingerprint density at radius 2 is 1.64 bits per heavy atom. The lowest BCUT2D eigenvalue weighted by molar-refractivity contribution is -0.142. The maximum atomic E-state index is 14.3. The summed E-state index contributed by atoms with van der Waals surface area (Å²) in [7, 11) is 0. The van der Waals surface area contributed by atoms with Crippen LogP contribution in [0.2, 0.25) is 0 Å². The summed E-state index contributed by atoms with van der Waals surface area (Å²) < 4.78 is 18.9. The standard InChI is InChI=1S/C49H51N3O7/c1-30-9-7-8-12-40(30)48(54)52-27-38-26-45-44(58-29-46(59-45)36-17-19-39(20-18-36)57-28-34-10-5-4-6-11-34)25-37(38)24-43(52)47(53)51-42(49(55)56)23-33-13-15-35(16-14-33)41-21-22-50-32(3)31(41)2/h7-9,12-22,25-26,34,42-43,46H,4-6,10-11,23-24,27-29H2,1-3H3,(H,51,53)(H,55,56)/t42-,43-,46+/m0/s1. The number of nitrogens with zero attached hydrogens (tertiary/aromatic N) is 2. The quantitative estimate of drug-likeness (QED) is 0.136. The van der Waals surface area contributed by atoms with Crippen molar-refractivity contribution in [3.05, 3.63) is 142 Å². The number of aromatic nitrogens is 1. The van der Waals surface area contributed by atoms with Gasteiger partial charge < -0.3 is 29.5 Å². The Morgan fingerprint density at radius 3 is 2.39 bits per heavy atom. The number of nitrogens with one attached hydrogen (secondary N) is 1. The molecule has 0 bridgehead atoms. The van der Waals surface area contributed by atoms with Gasteiger partial charge in [-0.15, -0.1) is 0 Å². The van der Waals surface area contributed by atoms with E-state index in [2.05, 4.69) is 10.3 Å². The van der Waals surface area contributed by atoms with Gasteiger partial charge in [0.2, 0.25) is 5.91 Å². The van der Waals surface area contributed by atoms with E-state index in [1.54, 1.807) is 23.2 Å². The van der Waals surface area contributed by atoms with Crippen molar-refractivity contribution >= 4 is 17.8 Å². The van der Waals surface area contributed by atoms with Crippen molar-refractivity contribution in [2.75, 3.05) is 13.2 Å². The highest BCUT2D eigenvalue weighted by Crippen LogP contribution is 2.41. The van der Waals surface area contributed by atoms with Gasteiger partial charge in [0, 0.05) is 36.8 Å². The van der Waals surface area contributed by atoms with Crippen LogP contribution in [0.1, 0.15) is 87.6 Å². The number of aryl methyl sites for hydroxylation is 2. The van der Waals surface area contributed by atoms with E-state index in [-0.39, 0.29) is 31.4 Å². The Morgan fingerprint density at radius 1 is 0.898 bits per heavy atom. The number of pyridine rings is 1. The second kappa shape index (κ2) is 17.4. The van der Waals surface area contributed by atoms with Gasteiger partial charge in [-0.05, 0) is 120 Å². The summed E-state index contributed by atoms with van der Waals surface area (Å²) in [6.07, 6.45) is 8.03. The summed E-state index contributed by atoms with van der Waals surface area (Å²) in [5, 5.41) is 13.1. The van der Waals surface area contributed by atoms with Crippen molar-refractivity contribution in [1.29, 1.82) is 0 Å². The molecule has 3 heterocycles. The van der Waals surface area contributed by atoms with Gasteiger partial charge in [0.25, 0.3) is 5.91 Å². The minimum absolute atomic E-state index is 0.0703. The van der Waals surface area contributed by atoms with E-state index in [4.69, 9.17) is 14.2 Å². The summed E-state index contributed by atoms with van der Waals surface area (Å²) in [4.78, 5) is 47.1. The highest BCUT2D eigenvalue weighted by molar-refractivity contribution is 5.99. The Bertz CT molecular complexity index is 2340. The molecule has 2 N–H and O–H groups in total. The van der Waals surface area contributed by atoms with Gasteiger partial charge in [0.15, 0.2) is 17.6 Å². The van der Waals surface area contributed by atoms with Gasteiger partial charge in [-0.3, -0.25) is 14.6 Å². The third-order valence-corrected chi connectivity index (χ3v) is 12.2. The second-order valence-corrected chi connectivity index (χ2v) is 16.2. The maximum Gasteiger partial charge on any atom is 0.326 e. The second-order valence-electron chi connectivity index (χ2n) is 16.2. The largest absolute Gasteiger partial charge is 0.493 e. The summed E-state index contributed by atoms with van der Waals surface area (Å²) in [5.74, 6) is 0.591. The molecule has 3 aliphatic rings. The first kappa shape index (κ1) is 39.7. The highest BCUT2D eigenvalue weighted by atomic mass is 16.6. The molecule has 10 nitrogen and oxygen atoms in total. The molecule has 10 heteroatoms. The number of fused-ring (bicyclic) bond motifs is 2. The van der Waals surface area contributed by atoms with Crippen LogP contribution in [0.5, 0.6) is 17.2 Å². The number of amides is 2. The molecule has 4 aromatic carbocycles. The van der Waals surface area contributed by atoms with E-state index in [0.29, 0.717) is 29.6 Å². The fraction of sp³-hybridized carbons (Fsp3) is 0.347. The maximum absolute atomic E-state index is 14.3. The molecule has 1 aliphatic carbocycles. The average Bonchev–Trinajstić information content (AvgIpc) is 3.25. The van der Waals surface area contributed by atoms with Gasteiger partial charge in [0.1, 0.15) is 24.4 Å². The lowest BCUT2D eigenvalue weighted by Gasteiger charge is -2.38. The first-order valence-corrected chi connectivity index (χ1v) is 20.7. The van der Waals surface area contributed by atoms with Gasteiger partial charge in [-0.1, -0.05) is 73.9 Å². The van der Waals surface area contributed by atoms with E-state index in [1.807, 2.05) is 99.6 Å². The van der Waals surface area contributed by atoms with Crippen LogP contribution < -0.4 is 19.5 Å².